The molecule has 13 heavy (non-hydrogen) atoms. The summed E-state index contributed by atoms with van der Waals surface area (Å²) >= 11 is 0. The first-order valence-corrected chi connectivity index (χ1v) is 4.27. The van der Waals surface area contributed by atoms with Gasteiger partial charge in [-0.15, -0.1) is 12.4 Å². The molecule has 0 saturated carbocycles. The molecule has 5 heteroatoms. The molecule has 1 aliphatic rings. The van der Waals surface area contributed by atoms with Crippen LogP contribution in [0.4, 0.5) is 0 Å². The van der Waals surface area contributed by atoms with Crippen LogP contribution in [0.15, 0.2) is 0 Å². The molecular weight excluding hydrogens is 194 g/mol. The molecule has 2 atom stereocenters. The van der Waals surface area contributed by atoms with Gasteiger partial charge in [-0.2, -0.15) is 0 Å². The van der Waals surface area contributed by atoms with Gasteiger partial charge < -0.3 is 14.8 Å². The lowest BCUT2D eigenvalue weighted by Gasteiger charge is -2.26. The third-order valence-electron chi connectivity index (χ3n) is 1.71. The minimum Gasteiger partial charge on any atom is -0.464 e. The van der Waals surface area contributed by atoms with Crippen LogP contribution in [0.25, 0.3) is 0 Å². The Balaban J connectivity index is 0.00000144. The summed E-state index contributed by atoms with van der Waals surface area (Å²) in [4.78, 5) is 11.2. The molecule has 0 bridgehead atoms. The standard InChI is InChI=1S/C8H15NO3.ClH/c1-3-11-8(10)7-5-9-4-6(2)12-7;/h6-7,9H,3-5H2,1-2H3;1H. The Morgan fingerprint density at radius 2 is 2.31 bits per heavy atom. The molecule has 1 aliphatic heterocycles. The van der Waals surface area contributed by atoms with Crippen LogP contribution in [0.2, 0.25) is 0 Å². The number of morpholine rings is 1. The lowest BCUT2D eigenvalue weighted by Crippen LogP contribution is -2.47. The van der Waals surface area contributed by atoms with Gasteiger partial charge in [0.25, 0.3) is 0 Å². The highest BCUT2D eigenvalue weighted by atomic mass is 35.5. The van der Waals surface area contributed by atoms with Crippen molar-refractivity contribution in [3.63, 3.8) is 0 Å². The van der Waals surface area contributed by atoms with Crippen molar-refractivity contribution in [2.24, 2.45) is 0 Å². The third-order valence-corrected chi connectivity index (χ3v) is 1.71. The molecule has 1 fully saturated rings. The van der Waals surface area contributed by atoms with Crippen LogP contribution in [-0.2, 0) is 14.3 Å². The van der Waals surface area contributed by atoms with Crippen molar-refractivity contribution in [2.45, 2.75) is 26.1 Å². The highest BCUT2D eigenvalue weighted by Crippen LogP contribution is 2.04. The lowest BCUT2D eigenvalue weighted by atomic mass is 10.2. The van der Waals surface area contributed by atoms with Gasteiger partial charge in [-0.25, -0.2) is 4.79 Å². The van der Waals surface area contributed by atoms with Crippen LogP contribution >= 0.6 is 12.4 Å². The van der Waals surface area contributed by atoms with Gasteiger partial charge in [0, 0.05) is 13.1 Å². The van der Waals surface area contributed by atoms with Crippen LogP contribution in [-0.4, -0.2) is 37.9 Å². The van der Waals surface area contributed by atoms with E-state index < -0.39 is 6.10 Å². The maximum atomic E-state index is 11.2. The van der Waals surface area contributed by atoms with E-state index >= 15 is 0 Å². The van der Waals surface area contributed by atoms with E-state index in [1.807, 2.05) is 6.92 Å². The summed E-state index contributed by atoms with van der Waals surface area (Å²) in [6, 6.07) is 0. The molecule has 78 valence electrons. The summed E-state index contributed by atoms with van der Waals surface area (Å²) in [5.74, 6) is -0.267. The predicted molar refractivity (Wildman–Crippen MR) is 51.1 cm³/mol. The topological polar surface area (TPSA) is 47.6 Å². The van der Waals surface area contributed by atoms with E-state index in [2.05, 4.69) is 5.32 Å². The van der Waals surface area contributed by atoms with Crippen LogP contribution in [0, 0.1) is 0 Å². The molecule has 0 aromatic carbocycles. The summed E-state index contributed by atoms with van der Waals surface area (Å²) in [7, 11) is 0. The van der Waals surface area contributed by atoms with E-state index in [-0.39, 0.29) is 24.5 Å². The maximum Gasteiger partial charge on any atom is 0.336 e. The zero-order valence-electron chi connectivity index (χ0n) is 7.91. The van der Waals surface area contributed by atoms with Crippen LogP contribution in [0.1, 0.15) is 13.8 Å². The Morgan fingerprint density at radius 1 is 1.62 bits per heavy atom. The van der Waals surface area contributed by atoms with Gasteiger partial charge in [-0.05, 0) is 13.8 Å². The Bertz CT molecular complexity index is 165. The first-order valence-electron chi connectivity index (χ1n) is 4.27. The fraction of sp³-hybridized carbons (Fsp3) is 0.875. The SMILES string of the molecule is CCOC(=O)C1CNCC(C)O1.Cl. The number of rotatable bonds is 2. The monoisotopic (exact) mass is 209 g/mol. The summed E-state index contributed by atoms with van der Waals surface area (Å²) in [6.07, 6.45) is -0.332. The van der Waals surface area contributed by atoms with Crippen molar-refractivity contribution in [3.05, 3.63) is 0 Å². The largest absolute Gasteiger partial charge is 0.464 e. The number of hydrogen-bond acceptors (Lipinski definition) is 4. The van der Waals surface area contributed by atoms with E-state index in [1.54, 1.807) is 6.92 Å². The second kappa shape index (κ2) is 6.18. The van der Waals surface area contributed by atoms with Crippen molar-refractivity contribution in [1.29, 1.82) is 0 Å². The number of hydrogen-bond donors (Lipinski definition) is 1. The normalized spacial score (nSPS) is 27.5. The van der Waals surface area contributed by atoms with Crippen molar-refractivity contribution in [3.8, 4) is 0 Å². The zero-order chi connectivity index (χ0) is 8.97. The van der Waals surface area contributed by atoms with Crippen molar-refractivity contribution < 1.29 is 14.3 Å². The minimum absolute atomic E-state index is 0. The maximum absolute atomic E-state index is 11.2. The molecule has 1 heterocycles. The Morgan fingerprint density at radius 3 is 2.85 bits per heavy atom. The molecule has 1 saturated heterocycles. The second-order valence-electron chi connectivity index (χ2n) is 2.85. The number of esters is 1. The molecule has 1 rings (SSSR count). The van der Waals surface area contributed by atoms with E-state index in [0.29, 0.717) is 13.2 Å². The summed E-state index contributed by atoms with van der Waals surface area (Å²) in [5, 5.41) is 3.10. The second-order valence-corrected chi connectivity index (χ2v) is 2.85. The molecule has 0 radical (unpaired) electrons. The number of halogens is 1. The third kappa shape index (κ3) is 3.93. The molecule has 0 spiro atoms. The predicted octanol–water partition coefficient (Wildman–Crippen LogP) is 0.348. The van der Waals surface area contributed by atoms with Crippen molar-refractivity contribution in [1.82, 2.24) is 5.32 Å². The molecule has 2 unspecified atom stereocenters. The quantitative estimate of drug-likeness (QED) is 0.667. The fourth-order valence-electron chi connectivity index (χ4n) is 1.17. The van der Waals surface area contributed by atoms with Gasteiger partial charge in [-0.1, -0.05) is 0 Å². The van der Waals surface area contributed by atoms with Gasteiger partial charge in [0.2, 0.25) is 0 Å². The Kier molecular flexibility index (Phi) is 6.03. The van der Waals surface area contributed by atoms with E-state index in [9.17, 15) is 4.79 Å². The highest BCUT2D eigenvalue weighted by molar-refractivity contribution is 5.85. The van der Waals surface area contributed by atoms with E-state index in [0.717, 1.165) is 6.54 Å². The highest BCUT2D eigenvalue weighted by Gasteiger charge is 2.26. The van der Waals surface area contributed by atoms with Gasteiger partial charge >= 0.3 is 5.97 Å². The average molecular weight is 210 g/mol. The molecule has 0 amide bonds. The van der Waals surface area contributed by atoms with Crippen molar-refractivity contribution in [2.75, 3.05) is 19.7 Å². The molecule has 0 aromatic heterocycles. The lowest BCUT2D eigenvalue weighted by molar-refractivity contribution is -0.162. The first kappa shape index (κ1) is 12.7. The Hall–Kier alpha value is -0.320. The van der Waals surface area contributed by atoms with E-state index in [4.69, 9.17) is 9.47 Å². The number of nitrogens with one attached hydrogen (secondary N) is 1. The average Bonchev–Trinajstić information content (AvgIpc) is 2.05. The van der Waals surface area contributed by atoms with Crippen LogP contribution < -0.4 is 5.32 Å². The van der Waals surface area contributed by atoms with Gasteiger partial charge in [-0.3, -0.25) is 0 Å². The van der Waals surface area contributed by atoms with Gasteiger partial charge in [0.15, 0.2) is 6.10 Å². The molecular formula is C8H16ClNO3. The number of ether oxygens (including phenoxy) is 2. The Labute approximate surface area is 84.4 Å². The smallest absolute Gasteiger partial charge is 0.336 e. The molecule has 0 aliphatic carbocycles. The molecule has 0 aromatic rings. The van der Waals surface area contributed by atoms with Crippen LogP contribution in [0.3, 0.4) is 0 Å². The first-order chi connectivity index (χ1) is 5.74. The van der Waals surface area contributed by atoms with Gasteiger partial charge in [0.05, 0.1) is 12.7 Å². The zero-order valence-corrected chi connectivity index (χ0v) is 8.73. The minimum atomic E-state index is -0.423. The van der Waals surface area contributed by atoms with Crippen LogP contribution in [0.5, 0.6) is 0 Å². The summed E-state index contributed by atoms with van der Waals surface area (Å²) in [6.45, 7) is 5.49. The molecule has 4 nitrogen and oxygen atoms in total. The summed E-state index contributed by atoms with van der Waals surface area (Å²) < 4.78 is 10.2. The van der Waals surface area contributed by atoms with Gasteiger partial charge in [0.1, 0.15) is 0 Å². The fourth-order valence-corrected chi connectivity index (χ4v) is 1.17. The summed E-state index contributed by atoms with van der Waals surface area (Å²) in [5.41, 5.74) is 0. The number of carbonyl (C=O) groups is 1. The number of carbonyl (C=O) groups excluding carboxylic acids is 1. The molecule has 1 N–H and O–H groups in total. The van der Waals surface area contributed by atoms with Crippen molar-refractivity contribution >= 4 is 18.4 Å². The van der Waals surface area contributed by atoms with E-state index in [1.165, 1.54) is 0 Å².